The van der Waals surface area contributed by atoms with Gasteiger partial charge in [0.05, 0.1) is 31.7 Å². The average Bonchev–Trinajstić information content (AvgIpc) is 2.53. The molecular formula is C16H28O6. The third-order valence-electron chi connectivity index (χ3n) is 3.87. The molecule has 128 valence electrons. The Hall–Kier alpha value is -1.14. The maximum atomic E-state index is 12.0. The van der Waals surface area contributed by atoms with Gasteiger partial charge < -0.3 is 19.3 Å². The SMILES string of the molecule is CCCCOCCOCCOC(=O)C1CCCCC1C(=O)O. The van der Waals surface area contributed by atoms with Gasteiger partial charge in [0.25, 0.3) is 0 Å². The number of carboxylic acids is 1. The molecule has 1 saturated carbocycles. The van der Waals surface area contributed by atoms with Gasteiger partial charge in [0, 0.05) is 6.61 Å². The predicted octanol–water partition coefficient (Wildman–Crippen LogP) is 2.25. The van der Waals surface area contributed by atoms with Crippen molar-refractivity contribution in [3.8, 4) is 0 Å². The van der Waals surface area contributed by atoms with Crippen LogP contribution in [0.15, 0.2) is 0 Å². The molecule has 0 radical (unpaired) electrons. The van der Waals surface area contributed by atoms with Crippen LogP contribution in [0.1, 0.15) is 45.4 Å². The van der Waals surface area contributed by atoms with Crippen molar-refractivity contribution in [2.45, 2.75) is 45.4 Å². The Balaban J connectivity index is 2.08. The van der Waals surface area contributed by atoms with Crippen LogP contribution in [0.25, 0.3) is 0 Å². The molecule has 1 aliphatic rings. The summed E-state index contributed by atoms with van der Waals surface area (Å²) in [7, 11) is 0. The van der Waals surface area contributed by atoms with Gasteiger partial charge in [0.2, 0.25) is 0 Å². The highest BCUT2D eigenvalue weighted by Gasteiger charge is 2.36. The third-order valence-corrected chi connectivity index (χ3v) is 3.87. The third kappa shape index (κ3) is 7.22. The summed E-state index contributed by atoms with van der Waals surface area (Å²) < 4.78 is 15.8. The Morgan fingerprint density at radius 2 is 1.55 bits per heavy atom. The lowest BCUT2D eigenvalue weighted by Gasteiger charge is -2.26. The van der Waals surface area contributed by atoms with Crippen molar-refractivity contribution in [3.05, 3.63) is 0 Å². The van der Waals surface area contributed by atoms with E-state index in [-0.39, 0.29) is 6.61 Å². The Kier molecular flexibility index (Phi) is 9.82. The van der Waals surface area contributed by atoms with E-state index in [0.29, 0.717) is 32.7 Å². The van der Waals surface area contributed by atoms with Gasteiger partial charge in [-0.15, -0.1) is 0 Å². The van der Waals surface area contributed by atoms with Crippen molar-refractivity contribution in [1.29, 1.82) is 0 Å². The monoisotopic (exact) mass is 316 g/mol. The van der Waals surface area contributed by atoms with Crippen molar-refractivity contribution in [3.63, 3.8) is 0 Å². The smallest absolute Gasteiger partial charge is 0.309 e. The van der Waals surface area contributed by atoms with E-state index in [4.69, 9.17) is 19.3 Å². The first-order valence-corrected chi connectivity index (χ1v) is 8.21. The number of carbonyl (C=O) groups is 2. The van der Waals surface area contributed by atoms with E-state index in [1.54, 1.807) is 0 Å². The molecule has 0 bridgehead atoms. The molecule has 6 nitrogen and oxygen atoms in total. The van der Waals surface area contributed by atoms with Crippen molar-refractivity contribution >= 4 is 11.9 Å². The van der Waals surface area contributed by atoms with Crippen molar-refractivity contribution in [1.82, 2.24) is 0 Å². The molecule has 0 aliphatic heterocycles. The predicted molar refractivity (Wildman–Crippen MR) is 80.6 cm³/mol. The summed E-state index contributed by atoms with van der Waals surface area (Å²) in [6, 6.07) is 0. The number of carbonyl (C=O) groups excluding carboxylic acids is 1. The van der Waals surface area contributed by atoms with Gasteiger partial charge in [-0.2, -0.15) is 0 Å². The number of ether oxygens (including phenoxy) is 3. The fraction of sp³-hybridized carbons (Fsp3) is 0.875. The Labute approximate surface area is 132 Å². The second-order valence-corrected chi connectivity index (χ2v) is 5.58. The first-order chi connectivity index (χ1) is 10.7. The van der Waals surface area contributed by atoms with E-state index in [1.807, 2.05) is 0 Å². The van der Waals surface area contributed by atoms with Crippen molar-refractivity contribution < 1.29 is 28.9 Å². The number of unbranched alkanes of at least 4 members (excludes halogenated alkanes) is 1. The maximum Gasteiger partial charge on any atom is 0.309 e. The number of hydrogen-bond acceptors (Lipinski definition) is 5. The van der Waals surface area contributed by atoms with Gasteiger partial charge in [-0.1, -0.05) is 26.2 Å². The highest BCUT2D eigenvalue weighted by Crippen LogP contribution is 2.31. The van der Waals surface area contributed by atoms with Crippen LogP contribution in [0.2, 0.25) is 0 Å². The van der Waals surface area contributed by atoms with Gasteiger partial charge in [0.15, 0.2) is 0 Å². The largest absolute Gasteiger partial charge is 0.481 e. The zero-order valence-electron chi connectivity index (χ0n) is 13.4. The lowest BCUT2D eigenvalue weighted by atomic mass is 9.79. The summed E-state index contributed by atoms with van der Waals surface area (Å²) in [5.74, 6) is -2.42. The van der Waals surface area contributed by atoms with E-state index in [0.717, 1.165) is 32.3 Å². The zero-order valence-corrected chi connectivity index (χ0v) is 13.4. The van der Waals surface area contributed by atoms with Crippen molar-refractivity contribution in [2.24, 2.45) is 11.8 Å². The molecule has 1 N–H and O–H groups in total. The average molecular weight is 316 g/mol. The standard InChI is InChI=1S/C16H28O6/c1-2-3-8-20-9-10-21-11-12-22-16(19)14-7-5-4-6-13(14)15(17)18/h13-14H,2-12H2,1H3,(H,17,18). The summed E-state index contributed by atoms with van der Waals surface area (Å²) in [5.41, 5.74) is 0. The Morgan fingerprint density at radius 3 is 2.18 bits per heavy atom. The fourth-order valence-electron chi connectivity index (χ4n) is 2.59. The summed E-state index contributed by atoms with van der Waals surface area (Å²) in [6.07, 6.45) is 5.05. The number of rotatable bonds is 11. The highest BCUT2D eigenvalue weighted by atomic mass is 16.6. The molecular weight excluding hydrogens is 288 g/mol. The summed E-state index contributed by atoms with van der Waals surface area (Å²) >= 11 is 0. The molecule has 0 aromatic carbocycles. The molecule has 1 rings (SSSR count). The number of hydrogen-bond donors (Lipinski definition) is 1. The minimum absolute atomic E-state index is 0.163. The van der Waals surface area contributed by atoms with E-state index >= 15 is 0 Å². The summed E-state index contributed by atoms with van der Waals surface area (Å²) in [4.78, 5) is 23.1. The molecule has 2 unspecified atom stereocenters. The quantitative estimate of drug-likeness (QED) is 0.465. The van der Waals surface area contributed by atoms with E-state index in [2.05, 4.69) is 6.92 Å². The summed E-state index contributed by atoms with van der Waals surface area (Å²) in [5, 5.41) is 9.14. The van der Waals surface area contributed by atoms with Gasteiger partial charge in [-0.25, -0.2) is 0 Å². The molecule has 2 atom stereocenters. The number of aliphatic carboxylic acids is 1. The van der Waals surface area contributed by atoms with Crippen LogP contribution in [-0.4, -0.2) is 50.1 Å². The van der Waals surface area contributed by atoms with Crippen LogP contribution in [0.3, 0.4) is 0 Å². The van der Waals surface area contributed by atoms with Crippen LogP contribution in [-0.2, 0) is 23.8 Å². The van der Waals surface area contributed by atoms with Crippen LogP contribution in [0, 0.1) is 11.8 Å². The second kappa shape index (κ2) is 11.4. The normalized spacial score (nSPS) is 21.5. The van der Waals surface area contributed by atoms with E-state index < -0.39 is 23.8 Å². The maximum absolute atomic E-state index is 12.0. The second-order valence-electron chi connectivity index (χ2n) is 5.58. The topological polar surface area (TPSA) is 82.1 Å². The minimum atomic E-state index is -0.901. The highest BCUT2D eigenvalue weighted by molar-refractivity contribution is 5.81. The lowest BCUT2D eigenvalue weighted by molar-refractivity contribution is -0.160. The molecule has 6 heteroatoms. The van der Waals surface area contributed by atoms with Crippen LogP contribution in [0.4, 0.5) is 0 Å². The lowest BCUT2D eigenvalue weighted by Crippen LogP contribution is -2.34. The van der Waals surface area contributed by atoms with Crippen LogP contribution in [0.5, 0.6) is 0 Å². The van der Waals surface area contributed by atoms with Gasteiger partial charge >= 0.3 is 11.9 Å². The molecule has 0 heterocycles. The molecule has 22 heavy (non-hydrogen) atoms. The first-order valence-electron chi connectivity index (χ1n) is 8.21. The molecule has 0 spiro atoms. The zero-order chi connectivity index (χ0) is 16.2. The molecule has 1 fully saturated rings. The fourth-order valence-corrected chi connectivity index (χ4v) is 2.59. The minimum Gasteiger partial charge on any atom is -0.481 e. The number of carboxylic acid groups (broad SMARTS) is 1. The first kappa shape index (κ1) is 18.9. The molecule has 0 aromatic heterocycles. The van der Waals surface area contributed by atoms with Crippen molar-refractivity contribution in [2.75, 3.05) is 33.0 Å². The molecule has 0 saturated heterocycles. The number of esters is 1. The Morgan fingerprint density at radius 1 is 0.955 bits per heavy atom. The molecule has 1 aliphatic carbocycles. The Bertz CT molecular complexity index is 331. The van der Waals surface area contributed by atoms with Gasteiger partial charge in [-0.05, 0) is 19.3 Å². The molecule has 0 aromatic rings. The van der Waals surface area contributed by atoms with E-state index in [9.17, 15) is 9.59 Å². The summed E-state index contributed by atoms with van der Waals surface area (Å²) in [6.45, 7) is 4.34. The molecule has 0 amide bonds. The van der Waals surface area contributed by atoms with Gasteiger partial charge in [-0.3, -0.25) is 9.59 Å². The van der Waals surface area contributed by atoms with Crippen LogP contribution < -0.4 is 0 Å². The van der Waals surface area contributed by atoms with E-state index in [1.165, 1.54) is 0 Å². The van der Waals surface area contributed by atoms with Gasteiger partial charge in [0.1, 0.15) is 6.61 Å². The van der Waals surface area contributed by atoms with Crippen LogP contribution >= 0.6 is 0 Å².